The first-order valence-electron chi connectivity index (χ1n) is 8.85. The fourth-order valence-electron chi connectivity index (χ4n) is 3.91. The van der Waals surface area contributed by atoms with Crippen molar-refractivity contribution in [1.29, 1.82) is 0 Å². The van der Waals surface area contributed by atoms with Crippen molar-refractivity contribution in [3.05, 3.63) is 36.0 Å². The Bertz CT molecular complexity index is 739. The lowest BCUT2D eigenvalue weighted by molar-refractivity contribution is -0.0273. The summed E-state index contributed by atoms with van der Waals surface area (Å²) in [4.78, 5) is 15.0. The maximum Gasteiger partial charge on any atom is 0.272 e. The van der Waals surface area contributed by atoms with Gasteiger partial charge in [0, 0.05) is 30.7 Å². The summed E-state index contributed by atoms with van der Waals surface area (Å²) in [6.45, 7) is 2.33. The van der Waals surface area contributed by atoms with E-state index >= 15 is 0 Å². The van der Waals surface area contributed by atoms with E-state index in [1.807, 2.05) is 35.2 Å². The average molecular weight is 341 g/mol. The number of fused-ring (bicyclic) bond motifs is 1. The van der Waals surface area contributed by atoms with Crippen molar-refractivity contribution < 1.29 is 14.3 Å². The Labute approximate surface area is 147 Å². The summed E-state index contributed by atoms with van der Waals surface area (Å²) in [5.41, 5.74) is 2.28. The van der Waals surface area contributed by atoms with Gasteiger partial charge in [-0.2, -0.15) is 5.10 Å². The van der Waals surface area contributed by atoms with Crippen molar-refractivity contribution in [2.24, 2.45) is 5.92 Å². The number of rotatable bonds is 3. The van der Waals surface area contributed by atoms with Gasteiger partial charge in [-0.3, -0.25) is 9.89 Å². The number of piperidine rings is 1. The van der Waals surface area contributed by atoms with E-state index in [1.165, 1.54) is 0 Å². The molecular weight excluding hydrogens is 318 g/mol. The Morgan fingerprint density at radius 2 is 2.16 bits per heavy atom. The van der Waals surface area contributed by atoms with Gasteiger partial charge < -0.3 is 14.4 Å². The topological polar surface area (TPSA) is 67.4 Å². The van der Waals surface area contributed by atoms with E-state index in [2.05, 4.69) is 10.2 Å². The summed E-state index contributed by atoms with van der Waals surface area (Å²) in [7, 11) is 1.64. The summed E-state index contributed by atoms with van der Waals surface area (Å²) in [6.07, 6.45) is 3.11. The van der Waals surface area contributed by atoms with E-state index in [-0.39, 0.29) is 5.91 Å². The maximum atomic E-state index is 13.0. The fourth-order valence-corrected chi connectivity index (χ4v) is 3.91. The summed E-state index contributed by atoms with van der Waals surface area (Å²) < 4.78 is 10.8. The van der Waals surface area contributed by atoms with Gasteiger partial charge in [-0.25, -0.2) is 0 Å². The molecule has 0 radical (unpaired) electrons. The second-order valence-corrected chi connectivity index (χ2v) is 6.73. The van der Waals surface area contributed by atoms with Gasteiger partial charge in [0.1, 0.15) is 11.4 Å². The van der Waals surface area contributed by atoms with Crippen molar-refractivity contribution in [3.63, 3.8) is 0 Å². The molecule has 25 heavy (non-hydrogen) atoms. The molecule has 1 amide bonds. The number of carbonyl (C=O) groups excluding carboxylic acids is 1. The third-order valence-corrected chi connectivity index (χ3v) is 5.26. The number of likely N-dealkylation sites (tertiary alicyclic amines) is 1. The molecule has 2 aliphatic heterocycles. The number of carbonyl (C=O) groups is 1. The Hall–Kier alpha value is -2.34. The first-order chi connectivity index (χ1) is 12.3. The molecule has 132 valence electrons. The summed E-state index contributed by atoms with van der Waals surface area (Å²) in [5.74, 6) is 1.31. The zero-order valence-electron chi connectivity index (χ0n) is 14.4. The molecule has 6 heteroatoms. The van der Waals surface area contributed by atoms with Crippen LogP contribution < -0.4 is 4.74 Å². The second kappa shape index (κ2) is 6.88. The van der Waals surface area contributed by atoms with Crippen molar-refractivity contribution in [1.82, 2.24) is 15.1 Å². The molecule has 2 fully saturated rings. The molecule has 1 N–H and O–H groups in total. The number of nitrogens with zero attached hydrogens (tertiary/aromatic N) is 2. The molecule has 2 saturated heterocycles. The van der Waals surface area contributed by atoms with E-state index in [9.17, 15) is 4.79 Å². The maximum absolute atomic E-state index is 13.0. The van der Waals surface area contributed by atoms with Gasteiger partial charge in [0.2, 0.25) is 0 Å². The molecule has 0 bridgehead atoms. The van der Waals surface area contributed by atoms with Gasteiger partial charge in [-0.05, 0) is 49.6 Å². The number of methoxy groups -OCH3 is 1. The second-order valence-electron chi connectivity index (χ2n) is 6.73. The minimum absolute atomic E-state index is 0.0452. The highest BCUT2D eigenvalue weighted by molar-refractivity contribution is 5.93. The number of amides is 1. The van der Waals surface area contributed by atoms with Crippen LogP contribution in [0.1, 0.15) is 29.8 Å². The van der Waals surface area contributed by atoms with Crippen molar-refractivity contribution in [2.45, 2.75) is 25.3 Å². The molecule has 0 aliphatic carbocycles. The zero-order chi connectivity index (χ0) is 17.2. The smallest absolute Gasteiger partial charge is 0.272 e. The number of nitrogens with one attached hydrogen (secondary N) is 1. The van der Waals surface area contributed by atoms with Crippen LogP contribution in [0.2, 0.25) is 0 Å². The number of aromatic amines is 1. The summed E-state index contributed by atoms with van der Waals surface area (Å²) in [6, 6.07) is 9.80. The first-order valence-corrected chi connectivity index (χ1v) is 8.85. The normalized spacial score (nSPS) is 23.2. The van der Waals surface area contributed by atoms with E-state index < -0.39 is 0 Å². The largest absolute Gasteiger partial charge is 0.497 e. The SMILES string of the molecule is COc1ccc(-c2cc(C(=O)N3CCCC4COCCC43)[nH]n2)cc1. The Balaban J connectivity index is 1.53. The molecule has 3 heterocycles. The van der Waals surface area contributed by atoms with Gasteiger partial charge in [0.15, 0.2) is 0 Å². The summed E-state index contributed by atoms with van der Waals surface area (Å²) in [5, 5.41) is 7.25. The molecule has 2 atom stereocenters. The molecule has 1 aromatic heterocycles. The lowest BCUT2D eigenvalue weighted by Crippen LogP contribution is -2.52. The van der Waals surface area contributed by atoms with E-state index in [1.54, 1.807) is 7.11 Å². The van der Waals surface area contributed by atoms with Crippen LogP contribution in [0.25, 0.3) is 11.3 Å². The van der Waals surface area contributed by atoms with E-state index in [0.29, 0.717) is 17.7 Å². The molecule has 1 aromatic carbocycles. The molecule has 2 aliphatic rings. The zero-order valence-corrected chi connectivity index (χ0v) is 14.4. The van der Waals surface area contributed by atoms with Crippen LogP contribution in [-0.2, 0) is 4.74 Å². The molecule has 4 rings (SSSR count). The number of aromatic nitrogens is 2. The lowest BCUT2D eigenvalue weighted by Gasteiger charge is -2.43. The molecule has 6 nitrogen and oxygen atoms in total. The third-order valence-electron chi connectivity index (χ3n) is 5.26. The fraction of sp³-hybridized carbons (Fsp3) is 0.474. The van der Waals surface area contributed by atoms with Gasteiger partial charge >= 0.3 is 0 Å². The predicted octanol–water partition coefficient (Wildman–Crippen LogP) is 2.73. The quantitative estimate of drug-likeness (QED) is 0.932. The lowest BCUT2D eigenvalue weighted by atomic mass is 9.86. The monoisotopic (exact) mass is 341 g/mol. The van der Waals surface area contributed by atoms with Gasteiger partial charge in [-0.15, -0.1) is 0 Å². The molecule has 2 unspecified atom stereocenters. The Kier molecular flexibility index (Phi) is 4.44. The number of benzene rings is 1. The van der Waals surface area contributed by atoms with Gasteiger partial charge in [0.25, 0.3) is 5.91 Å². The minimum atomic E-state index is 0.0452. The predicted molar refractivity (Wildman–Crippen MR) is 93.6 cm³/mol. The highest BCUT2D eigenvalue weighted by Crippen LogP contribution is 2.31. The van der Waals surface area contributed by atoms with E-state index in [0.717, 1.165) is 56.0 Å². The molecular formula is C19H23N3O3. The van der Waals surface area contributed by atoms with Crippen molar-refractivity contribution >= 4 is 5.91 Å². The Morgan fingerprint density at radius 3 is 2.96 bits per heavy atom. The number of hydrogen-bond acceptors (Lipinski definition) is 4. The first kappa shape index (κ1) is 16.1. The van der Waals surface area contributed by atoms with Crippen LogP contribution in [0.3, 0.4) is 0 Å². The summed E-state index contributed by atoms with van der Waals surface area (Å²) >= 11 is 0. The number of ether oxygens (including phenoxy) is 2. The van der Waals surface area contributed by atoms with E-state index in [4.69, 9.17) is 9.47 Å². The van der Waals surface area contributed by atoms with Crippen LogP contribution in [0, 0.1) is 5.92 Å². The molecule has 0 spiro atoms. The van der Waals surface area contributed by atoms with Crippen LogP contribution in [0.5, 0.6) is 5.75 Å². The van der Waals surface area contributed by atoms with Crippen LogP contribution in [0.4, 0.5) is 0 Å². The highest BCUT2D eigenvalue weighted by atomic mass is 16.5. The standard InChI is InChI=1S/C19H23N3O3/c1-24-15-6-4-13(5-7-15)16-11-17(21-20-16)19(23)22-9-2-3-14-12-25-10-8-18(14)22/h4-7,11,14,18H,2-3,8-10,12H2,1H3,(H,20,21). The van der Waals surface area contributed by atoms with Crippen molar-refractivity contribution in [2.75, 3.05) is 26.9 Å². The highest BCUT2D eigenvalue weighted by Gasteiger charge is 2.37. The Morgan fingerprint density at radius 1 is 1.32 bits per heavy atom. The van der Waals surface area contributed by atoms with Crippen LogP contribution in [-0.4, -0.2) is 53.9 Å². The average Bonchev–Trinajstić information content (AvgIpc) is 3.17. The minimum Gasteiger partial charge on any atom is -0.497 e. The van der Waals surface area contributed by atoms with Gasteiger partial charge in [0.05, 0.1) is 19.4 Å². The number of H-pyrrole nitrogens is 1. The third kappa shape index (κ3) is 3.14. The van der Waals surface area contributed by atoms with Crippen LogP contribution in [0.15, 0.2) is 30.3 Å². The van der Waals surface area contributed by atoms with Crippen molar-refractivity contribution in [3.8, 4) is 17.0 Å². The molecule has 0 saturated carbocycles. The molecule has 2 aromatic rings. The number of hydrogen-bond donors (Lipinski definition) is 1. The van der Waals surface area contributed by atoms with Gasteiger partial charge in [-0.1, -0.05) is 0 Å². The van der Waals surface area contributed by atoms with Crippen LogP contribution >= 0.6 is 0 Å².